The highest BCUT2D eigenvalue weighted by Crippen LogP contribution is 2.15. The van der Waals surface area contributed by atoms with E-state index in [1.807, 2.05) is 23.9 Å². The van der Waals surface area contributed by atoms with Crippen molar-refractivity contribution in [3.63, 3.8) is 0 Å². The van der Waals surface area contributed by atoms with E-state index < -0.39 is 0 Å². The van der Waals surface area contributed by atoms with Gasteiger partial charge >= 0.3 is 0 Å². The molecule has 2 rings (SSSR count). The Kier molecular flexibility index (Phi) is 7.16. The summed E-state index contributed by atoms with van der Waals surface area (Å²) in [6.45, 7) is 2.06. The lowest BCUT2D eigenvalue weighted by atomic mass is 10.1. The van der Waals surface area contributed by atoms with Crippen molar-refractivity contribution in [2.75, 3.05) is 39.0 Å². The Hall–Kier alpha value is -2.18. The molecule has 1 aliphatic heterocycles. The first-order chi connectivity index (χ1) is 12.0. The van der Waals surface area contributed by atoms with E-state index in [1.54, 1.807) is 30.3 Å². The maximum Gasteiger partial charge on any atom is 0.253 e. The molecule has 1 aromatic rings. The van der Waals surface area contributed by atoms with E-state index >= 15 is 0 Å². The normalized spacial score (nSPS) is 18.4. The van der Waals surface area contributed by atoms with E-state index in [-0.39, 0.29) is 17.9 Å². The Bertz CT molecular complexity index is 610. The minimum absolute atomic E-state index is 0.00102. The number of amides is 2. The number of rotatable bonds is 5. The molecule has 1 aliphatic rings. The van der Waals surface area contributed by atoms with E-state index in [2.05, 4.69) is 5.32 Å². The van der Waals surface area contributed by atoms with Crippen LogP contribution in [0.4, 0.5) is 5.69 Å². The summed E-state index contributed by atoms with van der Waals surface area (Å²) in [5.74, 6) is -0.180. The summed E-state index contributed by atoms with van der Waals surface area (Å²) in [6, 6.07) is 7.06. The summed E-state index contributed by atoms with van der Waals surface area (Å²) in [6.07, 6.45) is 6.34. The van der Waals surface area contributed by atoms with Gasteiger partial charge in [-0.3, -0.25) is 9.59 Å². The predicted molar refractivity (Wildman–Crippen MR) is 100 cm³/mol. The van der Waals surface area contributed by atoms with E-state index in [9.17, 15) is 9.59 Å². The van der Waals surface area contributed by atoms with Gasteiger partial charge in [-0.2, -0.15) is 0 Å². The van der Waals surface area contributed by atoms with Crippen LogP contribution in [0.2, 0.25) is 0 Å². The van der Waals surface area contributed by atoms with Crippen molar-refractivity contribution < 1.29 is 9.59 Å². The van der Waals surface area contributed by atoms with Crippen LogP contribution in [0.3, 0.4) is 0 Å². The molecule has 0 radical (unpaired) electrons. The lowest BCUT2D eigenvalue weighted by molar-refractivity contribution is -0.111. The number of hydrogen-bond acceptors (Lipinski definition) is 4. The third-order valence-electron chi connectivity index (χ3n) is 4.13. The van der Waals surface area contributed by atoms with Crippen LogP contribution in [-0.2, 0) is 4.79 Å². The Morgan fingerprint density at radius 3 is 2.68 bits per heavy atom. The molecule has 6 heteroatoms. The van der Waals surface area contributed by atoms with Crippen molar-refractivity contribution in [2.24, 2.45) is 5.73 Å². The van der Waals surface area contributed by atoms with Crippen molar-refractivity contribution in [3.05, 3.63) is 42.0 Å². The number of carbonyl (C=O) groups excluding carboxylic acids is 2. The fourth-order valence-electron chi connectivity index (χ4n) is 2.79. The van der Waals surface area contributed by atoms with Crippen LogP contribution in [0.15, 0.2) is 36.4 Å². The second-order valence-electron chi connectivity index (χ2n) is 6.74. The molecule has 3 N–H and O–H groups in total. The first-order valence-electron chi connectivity index (χ1n) is 8.73. The van der Waals surface area contributed by atoms with Crippen LogP contribution in [0, 0.1) is 0 Å². The number of carbonyl (C=O) groups is 2. The molecular formula is C19H28N4O2. The van der Waals surface area contributed by atoms with E-state index in [0.717, 1.165) is 25.8 Å². The van der Waals surface area contributed by atoms with Crippen LogP contribution in [-0.4, -0.2) is 61.4 Å². The first-order valence-corrected chi connectivity index (χ1v) is 8.73. The summed E-state index contributed by atoms with van der Waals surface area (Å²) >= 11 is 0. The third-order valence-corrected chi connectivity index (χ3v) is 4.13. The number of nitrogens with zero attached hydrogens (tertiary/aromatic N) is 2. The molecule has 1 unspecified atom stereocenters. The van der Waals surface area contributed by atoms with Gasteiger partial charge in [0.15, 0.2) is 0 Å². The monoisotopic (exact) mass is 344 g/mol. The zero-order valence-corrected chi connectivity index (χ0v) is 15.1. The Morgan fingerprint density at radius 2 is 2.00 bits per heavy atom. The summed E-state index contributed by atoms with van der Waals surface area (Å²) in [7, 11) is 3.88. The number of likely N-dealkylation sites (N-methyl/N-ethyl adjacent to an activating group) is 1. The van der Waals surface area contributed by atoms with Crippen molar-refractivity contribution in [3.8, 4) is 0 Å². The van der Waals surface area contributed by atoms with Gasteiger partial charge in [0.05, 0.1) is 0 Å². The maximum absolute atomic E-state index is 12.6. The molecule has 0 spiro atoms. The van der Waals surface area contributed by atoms with Gasteiger partial charge in [0, 0.05) is 43.0 Å². The van der Waals surface area contributed by atoms with Crippen LogP contribution in [0.5, 0.6) is 0 Å². The minimum atomic E-state index is -0.181. The van der Waals surface area contributed by atoms with Gasteiger partial charge in [-0.15, -0.1) is 0 Å². The van der Waals surface area contributed by atoms with Crippen LogP contribution < -0.4 is 11.1 Å². The summed E-state index contributed by atoms with van der Waals surface area (Å²) in [4.78, 5) is 28.2. The average Bonchev–Trinajstić information content (AvgIpc) is 2.79. The lowest BCUT2D eigenvalue weighted by Gasteiger charge is -2.22. The topological polar surface area (TPSA) is 78.7 Å². The molecule has 0 aromatic heterocycles. The zero-order chi connectivity index (χ0) is 18.2. The molecular weight excluding hydrogens is 316 g/mol. The van der Waals surface area contributed by atoms with Crippen molar-refractivity contribution in [1.29, 1.82) is 0 Å². The van der Waals surface area contributed by atoms with Crippen molar-refractivity contribution in [2.45, 2.75) is 25.3 Å². The van der Waals surface area contributed by atoms with E-state index in [1.165, 1.54) is 6.08 Å². The molecule has 136 valence electrons. The van der Waals surface area contributed by atoms with Crippen molar-refractivity contribution >= 4 is 17.5 Å². The SMILES string of the molecule is CN(C)C/C=C/C(=O)Nc1ccc(C(=O)N2CCCCC(N)C2)cc1. The van der Waals surface area contributed by atoms with Gasteiger partial charge in [-0.05, 0) is 51.2 Å². The molecule has 2 amide bonds. The van der Waals surface area contributed by atoms with Gasteiger partial charge in [0.1, 0.15) is 0 Å². The van der Waals surface area contributed by atoms with Gasteiger partial charge < -0.3 is 20.9 Å². The largest absolute Gasteiger partial charge is 0.337 e. The van der Waals surface area contributed by atoms with Gasteiger partial charge in [0.25, 0.3) is 5.91 Å². The average molecular weight is 344 g/mol. The molecule has 1 fully saturated rings. The third kappa shape index (κ3) is 6.32. The second-order valence-corrected chi connectivity index (χ2v) is 6.74. The lowest BCUT2D eigenvalue weighted by Crippen LogP contribution is -2.39. The Labute approximate surface area is 149 Å². The fourth-order valence-corrected chi connectivity index (χ4v) is 2.79. The number of benzene rings is 1. The van der Waals surface area contributed by atoms with Gasteiger partial charge in [-0.25, -0.2) is 0 Å². The summed E-state index contributed by atoms with van der Waals surface area (Å²) < 4.78 is 0. The van der Waals surface area contributed by atoms with Crippen LogP contribution in [0.25, 0.3) is 0 Å². The first kappa shape index (κ1) is 19.1. The number of nitrogens with two attached hydrogens (primary N) is 1. The molecule has 1 atom stereocenters. The molecule has 0 aliphatic carbocycles. The molecule has 1 heterocycles. The summed E-state index contributed by atoms with van der Waals surface area (Å²) in [5.41, 5.74) is 7.32. The quantitative estimate of drug-likeness (QED) is 0.797. The van der Waals surface area contributed by atoms with Crippen LogP contribution >= 0.6 is 0 Å². The standard InChI is InChI=1S/C19H28N4O2/c1-22(2)12-5-7-18(24)21-17-10-8-15(9-11-17)19(25)23-13-4-3-6-16(20)14-23/h5,7-11,16H,3-4,6,12-14,20H2,1-2H3,(H,21,24)/b7-5+. The van der Waals surface area contributed by atoms with Gasteiger partial charge in [0.2, 0.25) is 5.91 Å². The van der Waals surface area contributed by atoms with E-state index in [4.69, 9.17) is 5.73 Å². The van der Waals surface area contributed by atoms with Crippen molar-refractivity contribution in [1.82, 2.24) is 9.80 Å². The fraction of sp³-hybridized carbons (Fsp3) is 0.474. The number of likely N-dealkylation sites (tertiary alicyclic amines) is 1. The summed E-state index contributed by atoms with van der Waals surface area (Å²) in [5, 5.41) is 2.79. The maximum atomic E-state index is 12.6. The van der Waals surface area contributed by atoms with Gasteiger partial charge in [-0.1, -0.05) is 12.5 Å². The minimum Gasteiger partial charge on any atom is -0.337 e. The molecule has 25 heavy (non-hydrogen) atoms. The molecule has 6 nitrogen and oxygen atoms in total. The number of nitrogens with one attached hydrogen (secondary N) is 1. The highest BCUT2D eigenvalue weighted by atomic mass is 16.2. The molecule has 0 saturated carbocycles. The number of anilines is 1. The van der Waals surface area contributed by atoms with E-state index in [0.29, 0.717) is 24.3 Å². The van der Waals surface area contributed by atoms with Crippen LogP contribution in [0.1, 0.15) is 29.6 Å². The molecule has 0 bridgehead atoms. The second kappa shape index (κ2) is 9.34. The highest BCUT2D eigenvalue weighted by Gasteiger charge is 2.20. The molecule has 1 aromatic carbocycles. The Balaban J connectivity index is 1.93. The molecule has 1 saturated heterocycles. The highest BCUT2D eigenvalue weighted by molar-refractivity contribution is 6.00. The number of hydrogen-bond donors (Lipinski definition) is 2. The smallest absolute Gasteiger partial charge is 0.253 e. The predicted octanol–water partition coefficient (Wildman–Crippen LogP) is 1.70. The zero-order valence-electron chi connectivity index (χ0n) is 15.1. The Morgan fingerprint density at radius 1 is 1.28 bits per heavy atom.